The van der Waals surface area contributed by atoms with E-state index in [4.69, 9.17) is 9.73 Å². The minimum atomic E-state index is -3.28. The van der Waals surface area contributed by atoms with E-state index in [0.29, 0.717) is 10.6 Å². The zero-order valence-electron chi connectivity index (χ0n) is 22.8. The van der Waals surface area contributed by atoms with E-state index in [1.54, 1.807) is 31.5 Å². The van der Waals surface area contributed by atoms with Crippen molar-refractivity contribution in [1.82, 2.24) is 20.1 Å². The minimum absolute atomic E-state index is 0.00382. The van der Waals surface area contributed by atoms with Crippen LogP contribution in [0.4, 0.5) is 13.2 Å². The average molecular weight is 604 g/mol. The molecule has 10 nitrogen and oxygen atoms in total. The number of carbonyl (C=O) groups excluding carboxylic acids is 2. The summed E-state index contributed by atoms with van der Waals surface area (Å²) in [5.41, 5.74) is -0.637. The van der Waals surface area contributed by atoms with Gasteiger partial charge >= 0.3 is 11.9 Å². The van der Waals surface area contributed by atoms with Crippen molar-refractivity contribution in [2.75, 3.05) is 26.2 Å². The first-order chi connectivity index (χ1) is 20.0. The second-order valence-electron chi connectivity index (χ2n) is 10.9. The van der Waals surface area contributed by atoms with Gasteiger partial charge in [0.1, 0.15) is 23.4 Å². The molecule has 0 spiro atoms. The number of likely N-dealkylation sites (tertiary alicyclic amines) is 2. The maximum Gasteiger partial charge on any atom is 0.338 e. The fraction of sp³-hybridized carbons (Fsp3) is 0.464. The van der Waals surface area contributed by atoms with Crippen molar-refractivity contribution in [3.63, 3.8) is 0 Å². The monoisotopic (exact) mass is 603 g/mol. The number of halogens is 3. The standard InChI is InChI=1S/C28H28F3N5O5S/c1-3-41-25(38)19-18(33-22(23-32-9-10-42-23)34-20(19)15-5-4-6-17(29)14(15)2)12-35-13-28(30,31)16-11-36(24(37)21(16)35)27(7-8-27)26(39)40/h4-6,9-10,16,20-21H,3,7-8,11-13H2,1-2H3,(H,33,34)(H,39,40)/t16-,20+,21-/m1/s1. The van der Waals surface area contributed by atoms with Crippen LogP contribution in [0.3, 0.4) is 0 Å². The Bertz CT molecular complexity index is 1520. The molecule has 3 atom stereocenters. The average Bonchev–Trinajstić information content (AvgIpc) is 3.28. The highest BCUT2D eigenvalue weighted by Gasteiger charge is 2.68. The van der Waals surface area contributed by atoms with Crippen molar-refractivity contribution < 1.29 is 37.4 Å². The molecule has 222 valence electrons. The van der Waals surface area contributed by atoms with Crippen LogP contribution in [0.25, 0.3) is 0 Å². The Morgan fingerprint density at radius 1 is 1.29 bits per heavy atom. The lowest BCUT2D eigenvalue weighted by Gasteiger charge is -2.32. The van der Waals surface area contributed by atoms with Crippen LogP contribution < -0.4 is 5.32 Å². The highest BCUT2D eigenvalue weighted by molar-refractivity contribution is 7.11. The summed E-state index contributed by atoms with van der Waals surface area (Å²) in [6.45, 7) is 1.77. The van der Waals surface area contributed by atoms with Gasteiger partial charge in [0.2, 0.25) is 5.91 Å². The molecule has 2 N–H and O–H groups in total. The minimum Gasteiger partial charge on any atom is -0.479 e. The summed E-state index contributed by atoms with van der Waals surface area (Å²) in [6.07, 6.45) is 1.98. The van der Waals surface area contributed by atoms with Crippen LogP contribution in [0, 0.1) is 18.7 Å². The number of carbonyl (C=O) groups is 3. The van der Waals surface area contributed by atoms with Gasteiger partial charge in [0, 0.05) is 30.4 Å². The van der Waals surface area contributed by atoms with Gasteiger partial charge in [0.25, 0.3) is 5.92 Å². The number of esters is 1. The number of rotatable bonds is 8. The number of nitrogens with zero attached hydrogens (tertiary/aromatic N) is 4. The van der Waals surface area contributed by atoms with Crippen molar-refractivity contribution in [2.24, 2.45) is 10.9 Å². The van der Waals surface area contributed by atoms with Gasteiger partial charge in [-0.1, -0.05) is 12.1 Å². The maximum absolute atomic E-state index is 15.4. The second kappa shape index (κ2) is 10.2. The Hall–Kier alpha value is -3.78. The van der Waals surface area contributed by atoms with Crippen molar-refractivity contribution in [3.8, 4) is 0 Å². The summed E-state index contributed by atoms with van der Waals surface area (Å²) in [7, 11) is 0. The molecule has 4 heterocycles. The molecule has 42 heavy (non-hydrogen) atoms. The number of hydrogen-bond acceptors (Lipinski definition) is 9. The number of aromatic nitrogens is 1. The SMILES string of the molecule is CCOC(=O)C1=C(CN2CC(F)(F)[C@@H]3CN(C4(C(=O)O)CC4)C(=O)[C@@H]32)NC(c2nccs2)=N[C@H]1c1cccc(F)c1C. The molecule has 1 aromatic carbocycles. The van der Waals surface area contributed by atoms with Crippen LogP contribution in [-0.2, 0) is 19.1 Å². The van der Waals surface area contributed by atoms with Gasteiger partial charge < -0.3 is 20.1 Å². The van der Waals surface area contributed by atoms with Crippen LogP contribution in [-0.4, -0.2) is 87.3 Å². The normalized spacial score (nSPS) is 26.1. The van der Waals surface area contributed by atoms with E-state index in [1.807, 2.05) is 0 Å². The lowest BCUT2D eigenvalue weighted by molar-refractivity contribution is -0.151. The van der Waals surface area contributed by atoms with Gasteiger partial charge in [0.05, 0.1) is 24.6 Å². The number of fused-ring (bicyclic) bond motifs is 1. The van der Waals surface area contributed by atoms with Gasteiger partial charge in [0.15, 0.2) is 10.8 Å². The lowest BCUT2D eigenvalue weighted by atomic mass is 9.92. The van der Waals surface area contributed by atoms with E-state index in [9.17, 15) is 23.9 Å². The number of hydrogen-bond donors (Lipinski definition) is 2. The molecule has 1 amide bonds. The smallest absolute Gasteiger partial charge is 0.338 e. The van der Waals surface area contributed by atoms with Gasteiger partial charge in [-0.05, 0) is 43.9 Å². The van der Waals surface area contributed by atoms with Gasteiger partial charge in [-0.2, -0.15) is 0 Å². The summed E-state index contributed by atoms with van der Waals surface area (Å²) in [5, 5.41) is 15.0. The molecule has 1 saturated carbocycles. The third kappa shape index (κ3) is 4.47. The maximum atomic E-state index is 15.4. The zero-order chi connectivity index (χ0) is 30.0. The molecular weight excluding hydrogens is 575 g/mol. The Balaban J connectivity index is 1.43. The summed E-state index contributed by atoms with van der Waals surface area (Å²) in [4.78, 5) is 50.3. The summed E-state index contributed by atoms with van der Waals surface area (Å²) in [6, 6.07) is 2.08. The van der Waals surface area contributed by atoms with E-state index in [0.717, 1.165) is 4.90 Å². The molecule has 4 aliphatic rings. The molecule has 3 fully saturated rings. The van der Waals surface area contributed by atoms with Crippen LogP contribution in [0.1, 0.15) is 41.9 Å². The molecule has 2 saturated heterocycles. The van der Waals surface area contributed by atoms with E-state index in [2.05, 4.69) is 10.3 Å². The topological polar surface area (TPSA) is 124 Å². The number of aliphatic imine (C=N–C) groups is 1. The number of benzene rings is 1. The summed E-state index contributed by atoms with van der Waals surface area (Å²) in [5.74, 6) is -7.58. The Kier molecular flexibility index (Phi) is 6.88. The largest absolute Gasteiger partial charge is 0.479 e. The number of alkyl halides is 2. The molecule has 1 aromatic heterocycles. The fourth-order valence-corrected chi connectivity index (χ4v) is 6.79. The molecule has 0 radical (unpaired) electrons. The first-order valence-corrected chi connectivity index (χ1v) is 14.4. The summed E-state index contributed by atoms with van der Waals surface area (Å²) >= 11 is 1.26. The van der Waals surface area contributed by atoms with Crippen LogP contribution in [0.15, 0.2) is 46.0 Å². The molecule has 1 aliphatic carbocycles. The van der Waals surface area contributed by atoms with E-state index >= 15 is 8.78 Å². The molecule has 2 aromatic rings. The van der Waals surface area contributed by atoms with E-state index in [-0.39, 0.29) is 55.2 Å². The molecule has 3 aliphatic heterocycles. The number of amidine groups is 1. The number of ether oxygens (including phenoxy) is 1. The van der Waals surface area contributed by atoms with Crippen molar-refractivity contribution in [1.29, 1.82) is 0 Å². The number of amides is 1. The predicted octanol–water partition coefficient (Wildman–Crippen LogP) is 2.89. The summed E-state index contributed by atoms with van der Waals surface area (Å²) < 4.78 is 50.9. The zero-order valence-corrected chi connectivity index (χ0v) is 23.6. The highest BCUT2D eigenvalue weighted by Crippen LogP contribution is 2.51. The quantitative estimate of drug-likeness (QED) is 0.442. The highest BCUT2D eigenvalue weighted by atomic mass is 32.1. The number of thiazole rings is 1. The number of aliphatic carboxylic acids is 1. The third-order valence-electron chi connectivity index (χ3n) is 8.49. The Labute approximate surface area is 242 Å². The number of nitrogens with one attached hydrogen (secondary N) is 1. The number of carboxylic acids is 1. The van der Waals surface area contributed by atoms with Crippen molar-refractivity contribution in [3.05, 3.63) is 63.0 Å². The van der Waals surface area contributed by atoms with Crippen molar-refractivity contribution >= 4 is 35.0 Å². The molecule has 0 unspecified atom stereocenters. The van der Waals surface area contributed by atoms with Gasteiger partial charge in [-0.3, -0.25) is 14.7 Å². The van der Waals surface area contributed by atoms with E-state index < -0.39 is 59.7 Å². The second-order valence-corrected chi connectivity index (χ2v) is 11.8. The predicted molar refractivity (Wildman–Crippen MR) is 144 cm³/mol. The van der Waals surface area contributed by atoms with E-state index in [1.165, 1.54) is 28.4 Å². The Morgan fingerprint density at radius 3 is 2.69 bits per heavy atom. The molecular formula is C28H28F3N5O5S. The van der Waals surface area contributed by atoms with Crippen LogP contribution >= 0.6 is 11.3 Å². The molecule has 0 bridgehead atoms. The van der Waals surface area contributed by atoms with Gasteiger partial charge in [-0.25, -0.2) is 27.7 Å². The van der Waals surface area contributed by atoms with Gasteiger partial charge in [-0.15, -0.1) is 11.3 Å². The van der Waals surface area contributed by atoms with Crippen LogP contribution in [0.2, 0.25) is 0 Å². The molecule has 6 rings (SSSR count). The third-order valence-corrected chi connectivity index (χ3v) is 9.27. The first-order valence-electron chi connectivity index (χ1n) is 13.5. The molecule has 14 heteroatoms. The first kappa shape index (κ1) is 28.3. The fourth-order valence-electron chi connectivity index (χ4n) is 6.20. The van der Waals surface area contributed by atoms with Crippen molar-refractivity contribution in [2.45, 2.75) is 50.2 Å². The van der Waals surface area contributed by atoms with Crippen LogP contribution in [0.5, 0.6) is 0 Å². The number of carboxylic acid groups (broad SMARTS) is 1. The lowest BCUT2D eigenvalue weighted by Crippen LogP contribution is -2.50. The Morgan fingerprint density at radius 2 is 2.05 bits per heavy atom.